The minimum Gasteiger partial charge on any atom is -0.459 e. The molecule has 0 N–H and O–H groups in total. The van der Waals surface area contributed by atoms with Crippen molar-refractivity contribution in [1.29, 1.82) is 0 Å². The van der Waals surface area contributed by atoms with Gasteiger partial charge in [0.2, 0.25) is 0 Å². The Hall–Kier alpha value is -3.26. The molecule has 0 saturated carbocycles. The molecule has 1 unspecified atom stereocenters. The highest BCUT2D eigenvalue weighted by molar-refractivity contribution is 6.34. The number of carbonyl (C=O) groups is 1. The van der Waals surface area contributed by atoms with Crippen molar-refractivity contribution in [2.75, 3.05) is 6.54 Å². The maximum absolute atomic E-state index is 13.0. The number of hydrogen-bond donors (Lipinski definition) is 0. The molecule has 2 heterocycles. The van der Waals surface area contributed by atoms with Crippen molar-refractivity contribution in [2.45, 2.75) is 25.2 Å². The number of rotatable bonds is 6. The van der Waals surface area contributed by atoms with Crippen molar-refractivity contribution in [1.82, 2.24) is 4.90 Å². The van der Waals surface area contributed by atoms with Crippen molar-refractivity contribution in [3.05, 3.63) is 94.4 Å². The summed E-state index contributed by atoms with van der Waals surface area (Å²) in [7, 11) is 0. The number of benzene rings is 2. The van der Waals surface area contributed by atoms with E-state index < -0.39 is 23.8 Å². The molecule has 9 heteroatoms. The highest BCUT2D eigenvalue weighted by Crippen LogP contribution is 2.29. The van der Waals surface area contributed by atoms with Gasteiger partial charge in [-0.2, -0.15) is 13.2 Å². The van der Waals surface area contributed by atoms with Crippen molar-refractivity contribution in [2.24, 2.45) is 5.16 Å². The Balaban J connectivity index is 1.49. The van der Waals surface area contributed by atoms with Crippen LogP contribution < -0.4 is 0 Å². The summed E-state index contributed by atoms with van der Waals surface area (Å²) in [5.74, 6) is -0.271. The van der Waals surface area contributed by atoms with Gasteiger partial charge in [-0.05, 0) is 35.9 Å². The lowest BCUT2D eigenvalue weighted by molar-refractivity contribution is -0.137. The van der Waals surface area contributed by atoms with E-state index in [1.165, 1.54) is 29.4 Å². The monoisotopic (exact) mass is 462 g/mol. The fourth-order valence-electron chi connectivity index (χ4n) is 3.42. The molecule has 32 heavy (non-hydrogen) atoms. The quantitative estimate of drug-likeness (QED) is 0.466. The van der Waals surface area contributed by atoms with E-state index in [-0.39, 0.29) is 18.8 Å². The molecule has 1 aliphatic heterocycles. The molecule has 3 aromatic rings. The molecule has 0 radical (unpaired) electrons. The molecule has 1 aromatic heterocycles. The summed E-state index contributed by atoms with van der Waals surface area (Å²) in [5, 5.41) is 4.66. The average molecular weight is 463 g/mol. The molecule has 166 valence electrons. The number of carbonyl (C=O) groups excluding carboxylic acids is 1. The van der Waals surface area contributed by atoms with Crippen LogP contribution in [0, 0.1) is 0 Å². The third-order valence-electron chi connectivity index (χ3n) is 5.02. The highest BCUT2D eigenvalue weighted by Gasteiger charge is 2.31. The van der Waals surface area contributed by atoms with Crippen molar-refractivity contribution in [3.8, 4) is 0 Å². The second-order valence-electron chi connectivity index (χ2n) is 7.31. The number of nitrogens with zero attached hydrogens (tertiary/aromatic N) is 2. The first-order chi connectivity index (χ1) is 15.3. The number of hydrogen-bond acceptors (Lipinski definition) is 4. The van der Waals surface area contributed by atoms with Gasteiger partial charge >= 0.3 is 6.18 Å². The number of oxime groups is 1. The van der Waals surface area contributed by atoms with Gasteiger partial charge < -0.3 is 14.2 Å². The Labute approximate surface area is 187 Å². The van der Waals surface area contributed by atoms with E-state index in [4.69, 9.17) is 20.9 Å². The van der Waals surface area contributed by atoms with Crippen LogP contribution in [0.4, 0.5) is 13.2 Å². The van der Waals surface area contributed by atoms with Gasteiger partial charge in [-0.15, -0.1) is 0 Å². The fourth-order valence-corrected chi connectivity index (χ4v) is 3.67. The van der Waals surface area contributed by atoms with Gasteiger partial charge in [0, 0.05) is 23.6 Å². The average Bonchev–Trinajstić information content (AvgIpc) is 3.45. The third-order valence-corrected chi connectivity index (χ3v) is 5.35. The van der Waals surface area contributed by atoms with Gasteiger partial charge in [0.1, 0.15) is 0 Å². The van der Waals surface area contributed by atoms with Gasteiger partial charge in [0.25, 0.3) is 5.91 Å². The zero-order valence-corrected chi connectivity index (χ0v) is 17.4. The molecule has 1 amide bonds. The summed E-state index contributed by atoms with van der Waals surface area (Å²) >= 11 is 6.23. The second-order valence-corrected chi connectivity index (χ2v) is 7.71. The largest absolute Gasteiger partial charge is 0.459 e. The first-order valence-electron chi connectivity index (χ1n) is 9.78. The zero-order valence-electron chi connectivity index (χ0n) is 16.7. The summed E-state index contributed by atoms with van der Waals surface area (Å²) in [5.41, 5.74) is 1.22. The number of amides is 1. The van der Waals surface area contributed by atoms with Crippen LogP contribution in [-0.4, -0.2) is 29.2 Å². The predicted octanol–water partition coefficient (Wildman–Crippen LogP) is 5.79. The summed E-state index contributed by atoms with van der Waals surface area (Å²) in [6.07, 6.45) is -3.05. The number of alkyl halides is 3. The molecular weight excluding hydrogens is 445 g/mol. The molecule has 0 bridgehead atoms. The standard InChI is InChI=1S/C23H18ClF3N2O3/c24-19-5-2-1-4-18(19)20-12-17(32-28-20)14-29(22(30)21-6-3-11-31-21)13-15-7-9-16(10-8-15)23(25,26)27/h1-11,17H,12-14H2. The number of furan rings is 1. The van der Waals surface area contributed by atoms with Crippen LogP contribution in [-0.2, 0) is 17.6 Å². The predicted molar refractivity (Wildman–Crippen MR) is 112 cm³/mol. The molecule has 1 atom stereocenters. The number of halogens is 4. The first kappa shape index (κ1) is 22.0. The van der Waals surface area contributed by atoms with Gasteiger partial charge in [-0.3, -0.25) is 4.79 Å². The van der Waals surface area contributed by atoms with Crippen LogP contribution in [0.15, 0.2) is 76.5 Å². The van der Waals surface area contributed by atoms with Crippen molar-refractivity contribution < 1.29 is 27.2 Å². The molecular formula is C23H18ClF3N2O3. The third kappa shape index (κ3) is 4.96. The van der Waals surface area contributed by atoms with E-state index in [1.807, 2.05) is 18.2 Å². The maximum atomic E-state index is 13.0. The van der Waals surface area contributed by atoms with Crippen LogP contribution >= 0.6 is 11.6 Å². The van der Waals surface area contributed by atoms with Crippen LogP contribution in [0.1, 0.15) is 33.7 Å². The van der Waals surface area contributed by atoms with Gasteiger partial charge in [-0.25, -0.2) is 0 Å². The van der Waals surface area contributed by atoms with E-state index in [0.29, 0.717) is 22.7 Å². The maximum Gasteiger partial charge on any atom is 0.416 e. The zero-order chi connectivity index (χ0) is 22.7. The summed E-state index contributed by atoms with van der Waals surface area (Å²) in [6.45, 7) is 0.247. The smallest absolute Gasteiger partial charge is 0.416 e. The minimum atomic E-state index is -4.42. The Morgan fingerprint density at radius 1 is 1.09 bits per heavy atom. The lowest BCUT2D eigenvalue weighted by atomic mass is 10.0. The molecule has 1 aliphatic rings. The van der Waals surface area contributed by atoms with Gasteiger partial charge in [0.05, 0.1) is 24.1 Å². The fraction of sp³-hybridized carbons (Fsp3) is 0.217. The Bertz CT molecular complexity index is 1110. The topological polar surface area (TPSA) is 55.0 Å². The Kier molecular flexibility index (Phi) is 6.23. The molecule has 0 spiro atoms. The normalized spacial score (nSPS) is 15.9. The van der Waals surface area contributed by atoms with Crippen molar-refractivity contribution in [3.63, 3.8) is 0 Å². The van der Waals surface area contributed by atoms with E-state index in [9.17, 15) is 18.0 Å². The van der Waals surface area contributed by atoms with Crippen LogP contribution in [0.25, 0.3) is 0 Å². The van der Waals surface area contributed by atoms with Crippen LogP contribution in [0.2, 0.25) is 5.02 Å². The molecule has 4 rings (SSSR count). The van der Waals surface area contributed by atoms with Gasteiger partial charge in [-0.1, -0.05) is 47.1 Å². The van der Waals surface area contributed by atoms with E-state index >= 15 is 0 Å². The first-order valence-corrected chi connectivity index (χ1v) is 10.2. The van der Waals surface area contributed by atoms with Crippen LogP contribution in [0.5, 0.6) is 0 Å². The van der Waals surface area contributed by atoms with Crippen LogP contribution in [0.3, 0.4) is 0 Å². The SMILES string of the molecule is O=C(c1ccco1)N(Cc1ccc(C(F)(F)F)cc1)CC1CC(c2ccccc2Cl)=NO1. The summed E-state index contributed by atoms with van der Waals surface area (Å²) in [4.78, 5) is 20.0. The molecule has 2 aromatic carbocycles. The van der Waals surface area contributed by atoms with E-state index in [0.717, 1.165) is 17.7 Å². The summed E-state index contributed by atoms with van der Waals surface area (Å²) < 4.78 is 43.8. The molecule has 5 nitrogen and oxygen atoms in total. The lowest BCUT2D eigenvalue weighted by Gasteiger charge is -2.24. The second kappa shape index (κ2) is 9.08. The minimum absolute atomic E-state index is 0.0823. The summed E-state index contributed by atoms with van der Waals surface area (Å²) in [6, 6.07) is 15.1. The van der Waals surface area contributed by atoms with Gasteiger partial charge in [0.15, 0.2) is 11.9 Å². The molecule has 0 saturated heterocycles. The lowest BCUT2D eigenvalue weighted by Crippen LogP contribution is -2.37. The molecule has 0 fully saturated rings. The van der Waals surface area contributed by atoms with Crippen molar-refractivity contribution >= 4 is 23.2 Å². The van der Waals surface area contributed by atoms with E-state index in [2.05, 4.69) is 5.16 Å². The highest BCUT2D eigenvalue weighted by atomic mass is 35.5. The Morgan fingerprint density at radius 2 is 1.84 bits per heavy atom. The van der Waals surface area contributed by atoms with E-state index in [1.54, 1.807) is 12.1 Å². The molecule has 0 aliphatic carbocycles. The Morgan fingerprint density at radius 3 is 2.50 bits per heavy atom.